The highest BCUT2D eigenvalue weighted by Crippen LogP contribution is 2.21. The van der Waals surface area contributed by atoms with Crippen LogP contribution in [0.3, 0.4) is 0 Å². The van der Waals surface area contributed by atoms with Crippen molar-refractivity contribution in [2.24, 2.45) is 5.73 Å². The van der Waals surface area contributed by atoms with Crippen molar-refractivity contribution in [3.05, 3.63) is 29.3 Å². The van der Waals surface area contributed by atoms with E-state index >= 15 is 0 Å². The summed E-state index contributed by atoms with van der Waals surface area (Å²) in [7, 11) is 0. The molecule has 0 amide bonds. The molecule has 80 valence electrons. The third kappa shape index (κ3) is 2.78. The van der Waals surface area contributed by atoms with Gasteiger partial charge in [0.05, 0.1) is 6.42 Å². The lowest BCUT2D eigenvalue weighted by atomic mass is 9.99. The van der Waals surface area contributed by atoms with Crippen LogP contribution in [0.5, 0.6) is 5.75 Å². The van der Waals surface area contributed by atoms with Crippen molar-refractivity contribution in [2.45, 2.75) is 12.5 Å². The molecule has 0 fully saturated rings. The summed E-state index contributed by atoms with van der Waals surface area (Å²) in [6.45, 7) is 0. The maximum atomic E-state index is 10.7. The molecule has 0 aliphatic rings. The zero-order valence-electron chi connectivity index (χ0n) is 7.88. The number of aromatic hydroxyl groups is 1. The third-order valence-corrected chi connectivity index (χ3v) is 1.99. The van der Waals surface area contributed by atoms with E-state index in [9.17, 15) is 9.59 Å². The molecule has 0 saturated heterocycles. The molecule has 5 heteroatoms. The van der Waals surface area contributed by atoms with Gasteiger partial charge < -0.3 is 15.9 Å². The molecule has 0 bridgehead atoms. The van der Waals surface area contributed by atoms with Crippen LogP contribution in [0.1, 0.15) is 28.4 Å². The topological polar surface area (TPSA) is 101 Å². The number of hydrogen-bond acceptors (Lipinski definition) is 4. The van der Waals surface area contributed by atoms with Crippen molar-refractivity contribution in [1.82, 2.24) is 0 Å². The van der Waals surface area contributed by atoms with Crippen LogP contribution in [0.2, 0.25) is 0 Å². The van der Waals surface area contributed by atoms with Crippen LogP contribution < -0.4 is 5.73 Å². The summed E-state index contributed by atoms with van der Waals surface area (Å²) in [5.41, 5.74) is 6.23. The number of carbonyl (C=O) groups is 2. The highest BCUT2D eigenvalue weighted by Gasteiger charge is 2.14. The van der Waals surface area contributed by atoms with E-state index in [1.54, 1.807) is 0 Å². The Labute approximate surface area is 86.1 Å². The Morgan fingerprint density at radius 2 is 2.20 bits per heavy atom. The number of rotatable bonds is 4. The van der Waals surface area contributed by atoms with E-state index in [0.717, 1.165) is 0 Å². The van der Waals surface area contributed by atoms with Crippen LogP contribution in [0.25, 0.3) is 0 Å². The molecule has 1 aromatic carbocycles. The summed E-state index contributed by atoms with van der Waals surface area (Å²) in [5.74, 6) is -1.09. The lowest BCUT2D eigenvalue weighted by Crippen LogP contribution is -2.16. The monoisotopic (exact) mass is 209 g/mol. The van der Waals surface area contributed by atoms with Gasteiger partial charge >= 0.3 is 5.97 Å². The summed E-state index contributed by atoms with van der Waals surface area (Å²) >= 11 is 0. The maximum Gasteiger partial charge on any atom is 0.305 e. The molecule has 0 heterocycles. The van der Waals surface area contributed by atoms with E-state index in [4.69, 9.17) is 15.9 Å². The van der Waals surface area contributed by atoms with Crippen LogP contribution >= 0.6 is 0 Å². The number of benzene rings is 1. The zero-order valence-corrected chi connectivity index (χ0v) is 7.88. The fraction of sp³-hybridized carbons (Fsp3) is 0.200. The minimum Gasteiger partial charge on any atom is -0.508 e. The van der Waals surface area contributed by atoms with Gasteiger partial charge in [0.15, 0.2) is 6.29 Å². The van der Waals surface area contributed by atoms with Crippen molar-refractivity contribution >= 4 is 12.3 Å². The summed E-state index contributed by atoms with van der Waals surface area (Å²) in [5, 5.41) is 17.7. The van der Waals surface area contributed by atoms with Gasteiger partial charge in [0.2, 0.25) is 0 Å². The van der Waals surface area contributed by atoms with Crippen molar-refractivity contribution in [1.29, 1.82) is 0 Å². The Hall–Kier alpha value is -1.88. The quantitative estimate of drug-likeness (QED) is 0.633. The lowest BCUT2D eigenvalue weighted by molar-refractivity contribution is -0.137. The molecule has 0 aliphatic carbocycles. The normalized spacial score (nSPS) is 12.1. The highest BCUT2D eigenvalue weighted by atomic mass is 16.4. The van der Waals surface area contributed by atoms with E-state index in [0.29, 0.717) is 11.8 Å². The molecule has 0 aliphatic heterocycles. The second-order valence-electron chi connectivity index (χ2n) is 3.14. The molecule has 1 atom stereocenters. The van der Waals surface area contributed by atoms with Crippen LogP contribution in [0.4, 0.5) is 0 Å². The van der Waals surface area contributed by atoms with Crippen molar-refractivity contribution in [3.8, 4) is 5.75 Å². The van der Waals surface area contributed by atoms with Gasteiger partial charge in [-0.1, -0.05) is 6.07 Å². The number of aliphatic carboxylic acids is 1. The summed E-state index contributed by atoms with van der Waals surface area (Å²) < 4.78 is 0. The van der Waals surface area contributed by atoms with Gasteiger partial charge in [-0.25, -0.2) is 0 Å². The van der Waals surface area contributed by atoms with Gasteiger partial charge in [0, 0.05) is 11.6 Å². The smallest absolute Gasteiger partial charge is 0.305 e. The number of phenols is 1. The lowest BCUT2D eigenvalue weighted by Gasteiger charge is -2.11. The number of nitrogens with two attached hydrogens (primary N) is 1. The minimum absolute atomic E-state index is 0.0524. The number of carboxylic acid groups (broad SMARTS) is 1. The van der Waals surface area contributed by atoms with E-state index in [1.165, 1.54) is 18.2 Å². The Morgan fingerprint density at radius 1 is 1.53 bits per heavy atom. The number of hydrogen-bond donors (Lipinski definition) is 3. The fourth-order valence-electron chi connectivity index (χ4n) is 1.30. The average molecular weight is 209 g/mol. The van der Waals surface area contributed by atoms with Crippen LogP contribution in [0, 0.1) is 0 Å². The zero-order chi connectivity index (χ0) is 11.4. The van der Waals surface area contributed by atoms with Gasteiger partial charge in [0.25, 0.3) is 0 Å². The van der Waals surface area contributed by atoms with E-state index in [1.807, 2.05) is 0 Å². The number of carbonyl (C=O) groups excluding carboxylic acids is 1. The largest absolute Gasteiger partial charge is 0.508 e. The maximum absolute atomic E-state index is 10.7. The number of carboxylic acids is 1. The van der Waals surface area contributed by atoms with Gasteiger partial charge in [-0.2, -0.15) is 0 Å². The third-order valence-electron chi connectivity index (χ3n) is 1.99. The van der Waals surface area contributed by atoms with Crippen molar-refractivity contribution in [2.75, 3.05) is 0 Å². The van der Waals surface area contributed by atoms with Crippen LogP contribution in [0.15, 0.2) is 18.2 Å². The molecule has 1 rings (SSSR count). The molecule has 0 radical (unpaired) electrons. The molecule has 0 spiro atoms. The Balaban J connectivity index is 3.02. The molecule has 1 aromatic rings. The van der Waals surface area contributed by atoms with Crippen LogP contribution in [-0.2, 0) is 4.79 Å². The number of aldehydes is 1. The molecule has 15 heavy (non-hydrogen) atoms. The predicted molar refractivity (Wildman–Crippen MR) is 52.7 cm³/mol. The molecule has 0 saturated carbocycles. The van der Waals surface area contributed by atoms with E-state index in [2.05, 4.69) is 0 Å². The van der Waals surface area contributed by atoms with E-state index in [-0.39, 0.29) is 17.7 Å². The predicted octanol–water partition coefficient (Wildman–Crippen LogP) is 0.679. The fourth-order valence-corrected chi connectivity index (χ4v) is 1.30. The second-order valence-corrected chi connectivity index (χ2v) is 3.14. The van der Waals surface area contributed by atoms with Gasteiger partial charge in [-0.15, -0.1) is 0 Å². The Bertz CT molecular complexity index is 389. The van der Waals surface area contributed by atoms with Gasteiger partial charge in [-0.3, -0.25) is 9.59 Å². The minimum atomic E-state index is -1.03. The number of phenolic OH excluding ortho intramolecular Hbond substituents is 1. The van der Waals surface area contributed by atoms with Crippen LogP contribution in [-0.4, -0.2) is 22.5 Å². The first-order valence-corrected chi connectivity index (χ1v) is 4.30. The van der Waals surface area contributed by atoms with Crippen molar-refractivity contribution in [3.63, 3.8) is 0 Å². The molecule has 1 unspecified atom stereocenters. The standard InChI is InChI=1S/C10H11NO4/c11-9(4-10(14)15)8-2-1-7(13)3-6(8)5-12/h1-3,5,9,13H,4,11H2,(H,14,15). The second kappa shape index (κ2) is 4.56. The molecular weight excluding hydrogens is 198 g/mol. The summed E-state index contributed by atoms with van der Waals surface area (Å²) in [6.07, 6.45) is 0.280. The van der Waals surface area contributed by atoms with Crippen molar-refractivity contribution < 1.29 is 19.8 Å². The van der Waals surface area contributed by atoms with Gasteiger partial charge in [-0.05, 0) is 17.7 Å². The molecular formula is C10H11NO4. The molecule has 4 N–H and O–H groups in total. The summed E-state index contributed by atoms with van der Waals surface area (Å²) in [4.78, 5) is 21.1. The Morgan fingerprint density at radius 3 is 2.73 bits per heavy atom. The summed E-state index contributed by atoms with van der Waals surface area (Å²) in [6, 6.07) is 3.32. The Kier molecular flexibility index (Phi) is 3.41. The first kappa shape index (κ1) is 11.2. The molecule has 5 nitrogen and oxygen atoms in total. The van der Waals surface area contributed by atoms with Gasteiger partial charge in [0.1, 0.15) is 5.75 Å². The molecule has 0 aromatic heterocycles. The van der Waals surface area contributed by atoms with E-state index < -0.39 is 12.0 Å². The first-order valence-electron chi connectivity index (χ1n) is 4.30. The SMILES string of the molecule is NC(CC(=O)O)c1ccc(O)cc1C=O. The average Bonchev–Trinajstić information content (AvgIpc) is 2.16. The first-order chi connectivity index (χ1) is 7.04. The highest BCUT2D eigenvalue weighted by molar-refractivity contribution is 5.79.